The molecule has 27 heavy (non-hydrogen) atoms. The molecule has 2 nitrogen and oxygen atoms in total. The maximum atomic E-state index is 5.77. The van der Waals surface area contributed by atoms with Crippen LogP contribution in [0.3, 0.4) is 0 Å². The Bertz CT molecular complexity index is 648. The van der Waals surface area contributed by atoms with Crippen LogP contribution in [0.1, 0.15) is 69.2 Å². The van der Waals surface area contributed by atoms with E-state index in [1.165, 1.54) is 0 Å². The van der Waals surface area contributed by atoms with Gasteiger partial charge in [-0.3, -0.25) is 0 Å². The van der Waals surface area contributed by atoms with Crippen LogP contribution in [-0.2, 0) is 9.47 Å². The SMILES string of the molecule is C#CC(=C=C(C#C[Si](C(C)C)(C(C)C)C(C)C)C(C)(C)OC)C(C)(C)OC. The molecule has 0 saturated carbocycles. The highest BCUT2D eigenvalue weighted by Crippen LogP contribution is 2.41. The summed E-state index contributed by atoms with van der Waals surface area (Å²) in [5.41, 5.74) is 9.05. The van der Waals surface area contributed by atoms with Crippen molar-refractivity contribution in [2.24, 2.45) is 0 Å². The lowest BCUT2D eigenvalue weighted by Gasteiger charge is -2.38. The smallest absolute Gasteiger partial charge is 0.146 e. The summed E-state index contributed by atoms with van der Waals surface area (Å²) in [4.78, 5) is 0. The van der Waals surface area contributed by atoms with Crippen LogP contribution in [0.2, 0.25) is 16.6 Å². The van der Waals surface area contributed by atoms with Crippen LogP contribution in [0, 0.1) is 23.8 Å². The lowest BCUT2D eigenvalue weighted by molar-refractivity contribution is 0.0557. The molecular formula is C24H40O2Si. The first kappa shape index (κ1) is 25.8. The molecule has 3 heteroatoms. The topological polar surface area (TPSA) is 18.5 Å². The van der Waals surface area contributed by atoms with Crippen LogP contribution in [0.5, 0.6) is 0 Å². The van der Waals surface area contributed by atoms with Gasteiger partial charge in [-0.2, -0.15) is 0 Å². The van der Waals surface area contributed by atoms with Crippen LogP contribution in [0.4, 0.5) is 0 Å². The molecule has 0 atom stereocenters. The average molecular weight is 389 g/mol. The quantitative estimate of drug-likeness (QED) is 0.296. The number of terminal acetylenes is 1. The van der Waals surface area contributed by atoms with E-state index in [0.29, 0.717) is 22.2 Å². The van der Waals surface area contributed by atoms with Gasteiger partial charge in [0.1, 0.15) is 19.3 Å². The Kier molecular flexibility index (Phi) is 9.37. The van der Waals surface area contributed by atoms with E-state index in [1.54, 1.807) is 14.2 Å². The third-order valence-corrected chi connectivity index (χ3v) is 12.2. The molecule has 0 heterocycles. The van der Waals surface area contributed by atoms with Gasteiger partial charge in [0.25, 0.3) is 0 Å². The molecule has 0 aliphatic carbocycles. The van der Waals surface area contributed by atoms with Gasteiger partial charge in [0, 0.05) is 14.2 Å². The van der Waals surface area contributed by atoms with Gasteiger partial charge in [0.15, 0.2) is 0 Å². The van der Waals surface area contributed by atoms with Crippen LogP contribution in [0.25, 0.3) is 0 Å². The van der Waals surface area contributed by atoms with Crippen molar-refractivity contribution in [2.75, 3.05) is 14.2 Å². The van der Waals surface area contributed by atoms with E-state index < -0.39 is 19.3 Å². The number of rotatable bonds is 7. The van der Waals surface area contributed by atoms with Crippen molar-refractivity contribution >= 4 is 8.07 Å². The molecule has 0 aromatic heterocycles. The van der Waals surface area contributed by atoms with Gasteiger partial charge in [-0.05, 0) is 44.3 Å². The maximum Gasteiger partial charge on any atom is 0.146 e. The third kappa shape index (κ3) is 5.87. The van der Waals surface area contributed by atoms with Gasteiger partial charge in [-0.1, -0.05) is 59.1 Å². The molecule has 0 saturated heterocycles. The average Bonchev–Trinajstić information content (AvgIpc) is 2.56. The molecule has 0 aliphatic rings. The van der Waals surface area contributed by atoms with Gasteiger partial charge >= 0.3 is 0 Å². The van der Waals surface area contributed by atoms with E-state index in [4.69, 9.17) is 15.9 Å². The monoisotopic (exact) mass is 388 g/mol. The Hall–Kier alpha value is -1.22. The summed E-state index contributed by atoms with van der Waals surface area (Å²) >= 11 is 0. The van der Waals surface area contributed by atoms with Gasteiger partial charge in [0.05, 0.1) is 11.1 Å². The summed E-state index contributed by atoms with van der Waals surface area (Å²) in [7, 11) is 1.48. The highest BCUT2D eigenvalue weighted by molar-refractivity contribution is 6.90. The predicted molar refractivity (Wildman–Crippen MR) is 120 cm³/mol. The Labute approximate surface area is 169 Å². The van der Waals surface area contributed by atoms with Crippen molar-refractivity contribution in [2.45, 2.75) is 97.1 Å². The highest BCUT2D eigenvalue weighted by Gasteiger charge is 2.42. The molecule has 0 aromatic rings. The number of hydrogen-bond donors (Lipinski definition) is 0. The van der Waals surface area contributed by atoms with Crippen molar-refractivity contribution in [3.8, 4) is 23.8 Å². The van der Waals surface area contributed by atoms with E-state index in [-0.39, 0.29) is 0 Å². The van der Waals surface area contributed by atoms with Crippen molar-refractivity contribution in [1.82, 2.24) is 0 Å². The standard InChI is InChI=1S/C24H40O2Si/c1-14-21(23(8,9)25-12)17-22(24(10,11)26-13)15-16-27(18(2)3,19(4)5)20(6)7/h1,18-20H,2-13H3. The molecule has 0 spiro atoms. The van der Waals surface area contributed by atoms with Crippen LogP contribution in [0.15, 0.2) is 16.9 Å². The minimum absolute atomic E-state index is 0.559. The zero-order valence-corrected chi connectivity index (χ0v) is 20.6. The van der Waals surface area contributed by atoms with E-state index in [9.17, 15) is 0 Å². The minimum Gasteiger partial charge on any atom is -0.373 e. The van der Waals surface area contributed by atoms with Crippen molar-refractivity contribution < 1.29 is 9.47 Å². The number of hydrogen-bond acceptors (Lipinski definition) is 2. The predicted octanol–water partition coefficient (Wildman–Crippen LogP) is 6.14. The van der Waals surface area contributed by atoms with Crippen LogP contribution >= 0.6 is 0 Å². The van der Waals surface area contributed by atoms with E-state index in [2.05, 4.69) is 64.7 Å². The second kappa shape index (κ2) is 9.82. The van der Waals surface area contributed by atoms with E-state index in [1.807, 2.05) is 27.7 Å². The van der Waals surface area contributed by atoms with Crippen molar-refractivity contribution in [3.05, 3.63) is 16.9 Å². The van der Waals surface area contributed by atoms with Gasteiger partial charge < -0.3 is 9.47 Å². The Morgan fingerprint density at radius 2 is 1.15 bits per heavy atom. The second-order valence-corrected chi connectivity index (χ2v) is 14.7. The number of methoxy groups -OCH3 is 2. The molecule has 152 valence electrons. The van der Waals surface area contributed by atoms with Gasteiger partial charge in [-0.15, -0.1) is 12.0 Å². The second-order valence-electron chi connectivity index (χ2n) is 9.10. The molecule has 0 radical (unpaired) electrons. The molecule has 0 bridgehead atoms. The molecule has 0 aromatic carbocycles. The fourth-order valence-corrected chi connectivity index (χ4v) is 8.83. The van der Waals surface area contributed by atoms with Crippen molar-refractivity contribution in [3.63, 3.8) is 0 Å². The first-order chi connectivity index (χ1) is 12.2. The first-order valence-corrected chi connectivity index (χ1v) is 12.1. The zero-order chi connectivity index (χ0) is 21.6. The molecule has 0 fully saturated rings. The van der Waals surface area contributed by atoms with Gasteiger partial charge in [0.2, 0.25) is 0 Å². The highest BCUT2D eigenvalue weighted by atomic mass is 28.3. The van der Waals surface area contributed by atoms with Crippen LogP contribution in [-0.4, -0.2) is 33.5 Å². The Morgan fingerprint density at radius 1 is 0.778 bits per heavy atom. The van der Waals surface area contributed by atoms with Gasteiger partial charge in [-0.25, -0.2) is 0 Å². The lowest BCUT2D eigenvalue weighted by Crippen LogP contribution is -2.43. The molecule has 0 rings (SSSR count). The molecular weight excluding hydrogens is 348 g/mol. The third-order valence-electron chi connectivity index (χ3n) is 5.89. The summed E-state index contributed by atoms with van der Waals surface area (Å²) < 4.78 is 11.3. The summed E-state index contributed by atoms with van der Waals surface area (Å²) in [6.45, 7) is 21.7. The Morgan fingerprint density at radius 3 is 1.44 bits per heavy atom. The van der Waals surface area contributed by atoms with Crippen LogP contribution < -0.4 is 0 Å². The normalized spacial score (nSPS) is 12.5. The molecule has 0 amide bonds. The molecule has 0 unspecified atom stereocenters. The number of ether oxygens (including phenoxy) is 2. The molecule has 0 N–H and O–H groups in total. The summed E-state index contributed by atoms with van der Waals surface area (Å²) in [6.07, 6.45) is 5.77. The fraction of sp³-hybridized carbons (Fsp3) is 0.708. The summed E-state index contributed by atoms with van der Waals surface area (Å²) in [5, 5.41) is 0. The van der Waals surface area contributed by atoms with E-state index in [0.717, 1.165) is 5.57 Å². The largest absolute Gasteiger partial charge is 0.373 e. The Balaban J connectivity index is 6.93. The summed E-state index contributed by atoms with van der Waals surface area (Å²) in [6, 6.07) is 0. The summed E-state index contributed by atoms with van der Waals surface area (Å²) in [5.74, 6) is 6.21. The van der Waals surface area contributed by atoms with E-state index >= 15 is 0 Å². The molecule has 0 aliphatic heterocycles. The fourth-order valence-electron chi connectivity index (χ4n) is 3.63. The zero-order valence-electron chi connectivity index (χ0n) is 19.6. The minimum atomic E-state index is -1.87. The first-order valence-electron chi connectivity index (χ1n) is 9.84. The van der Waals surface area contributed by atoms with Crippen molar-refractivity contribution in [1.29, 1.82) is 0 Å². The lowest BCUT2D eigenvalue weighted by atomic mass is 9.94. The maximum absolute atomic E-state index is 5.77.